The summed E-state index contributed by atoms with van der Waals surface area (Å²) in [5, 5.41) is 3.00. The number of nitrogens with zero attached hydrogens (tertiary/aromatic N) is 4. The van der Waals surface area contributed by atoms with Gasteiger partial charge in [-0.3, -0.25) is 0 Å². The van der Waals surface area contributed by atoms with Gasteiger partial charge in [-0.1, -0.05) is 37.3 Å². The molecule has 0 unspecified atom stereocenters. The molecule has 2 heterocycles. The Bertz CT molecular complexity index is 1160. The van der Waals surface area contributed by atoms with Crippen LogP contribution >= 0.6 is 0 Å². The average molecular weight is 490 g/mol. The van der Waals surface area contributed by atoms with Gasteiger partial charge in [0.15, 0.2) is 0 Å². The topological polar surface area (TPSA) is 79.8 Å². The number of ether oxygens (including phenoxy) is 2. The van der Waals surface area contributed by atoms with E-state index in [2.05, 4.69) is 41.4 Å². The van der Waals surface area contributed by atoms with E-state index in [0.29, 0.717) is 36.8 Å². The SMILES string of the molecule is CCc1nc(C)nc(N2CCCN(C(=O)Nc3cc(OC)cc(OC)c3)CC2)c1Cc1ccccc1. The Kier molecular flexibility index (Phi) is 8.25. The summed E-state index contributed by atoms with van der Waals surface area (Å²) >= 11 is 0. The quantitative estimate of drug-likeness (QED) is 0.518. The molecule has 2 aromatic carbocycles. The fourth-order valence-electron chi connectivity index (χ4n) is 4.59. The monoisotopic (exact) mass is 489 g/mol. The minimum atomic E-state index is -0.134. The van der Waals surface area contributed by atoms with Crippen molar-refractivity contribution in [2.45, 2.75) is 33.1 Å². The molecule has 2 amide bonds. The Morgan fingerprint density at radius 3 is 2.36 bits per heavy atom. The van der Waals surface area contributed by atoms with Crippen molar-refractivity contribution in [1.82, 2.24) is 14.9 Å². The molecule has 0 spiro atoms. The van der Waals surface area contributed by atoms with Crippen LogP contribution in [-0.4, -0.2) is 61.3 Å². The van der Waals surface area contributed by atoms with Gasteiger partial charge in [-0.2, -0.15) is 0 Å². The molecule has 1 fully saturated rings. The van der Waals surface area contributed by atoms with E-state index in [-0.39, 0.29) is 6.03 Å². The Morgan fingerprint density at radius 1 is 0.972 bits per heavy atom. The van der Waals surface area contributed by atoms with Gasteiger partial charge in [0.2, 0.25) is 0 Å². The number of methoxy groups -OCH3 is 2. The van der Waals surface area contributed by atoms with E-state index < -0.39 is 0 Å². The number of rotatable bonds is 7. The van der Waals surface area contributed by atoms with Gasteiger partial charge in [0.1, 0.15) is 23.1 Å². The molecule has 0 radical (unpaired) electrons. The molecule has 8 nitrogen and oxygen atoms in total. The largest absolute Gasteiger partial charge is 0.497 e. The molecule has 1 aromatic heterocycles. The lowest BCUT2D eigenvalue weighted by Gasteiger charge is -2.26. The minimum absolute atomic E-state index is 0.134. The van der Waals surface area contributed by atoms with E-state index in [1.165, 1.54) is 11.1 Å². The lowest BCUT2D eigenvalue weighted by atomic mass is 10.0. The van der Waals surface area contributed by atoms with Crippen molar-refractivity contribution in [3.05, 3.63) is 71.2 Å². The van der Waals surface area contributed by atoms with Crippen molar-refractivity contribution < 1.29 is 14.3 Å². The molecule has 190 valence electrons. The third-order valence-corrected chi connectivity index (χ3v) is 6.43. The smallest absolute Gasteiger partial charge is 0.321 e. The highest BCUT2D eigenvalue weighted by Crippen LogP contribution is 2.28. The molecule has 4 rings (SSSR count). The second-order valence-electron chi connectivity index (χ2n) is 8.89. The van der Waals surface area contributed by atoms with Crippen LogP contribution in [0.15, 0.2) is 48.5 Å². The molecular weight excluding hydrogens is 454 g/mol. The van der Waals surface area contributed by atoms with Crippen LogP contribution in [0.25, 0.3) is 0 Å². The molecule has 0 bridgehead atoms. The summed E-state index contributed by atoms with van der Waals surface area (Å²) < 4.78 is 10.7. The summed E-state index contributed by atoms with van der Waals surface area (Å²) in [6.45, 7) is 6.90. The highest BCUT2D eigenvalue weighted by Gasteiger charge is 2.24. The van der Waals surface area contributed by atoms with Crippen LogP contribution in [0.4, 0.5) is 16.3 Å². The zero-order valence-corrected chi connectivity index (χ0v) is 21.6. The van der Waals surface area contributed by atoms with Crippen molar-refractivity contribution >= 4 is 17.5 Å². The first-order chi connectivity index (χ1) is 17.5. The van der Waals surface area contributed by atoms with Crippen molar-refractivity contribution in [3.63, 3.8) is 0 Å². The Labute approximate surface area is 213 Å². The van der Waals surface area contributed by atoms with Gasteiger partial charge < -0.3 is 24.6 Å². The van der Waals surface area contributed by atoms with Gasteiger partial charge >= 0.3 is 6.03 Å². The van der Waals surface area contributed by atoms with Crippen LogP contribution in [-0.2, 0) is 12.8 Å². The Balaban J connectivity index is 1.51. The maximum absolute atomic E-state index is 13.1. The summed E-state index contributed by atoms with van der Waals surface area (Å²) in [5.41, 5.74) is 4.15. The van der Waals surface area contributed by atoms with E-state index >= 15 is 0 Å². The van der Waals surface area contributed by atoms with E-state index in [1.54, 1.807) is 32.4 Å². The maximum atomic E-state index is 13.1. The van der Waals surface area contributed by atoms with Crippen LogP contribution < -0.4 is 19.7 Å². The summed E-state index contributed by atoms with van der Waals surface area (Å²) in [7, 11) is 3.18. The van der Waals surface area contributed by atoms with Crippen LogP contribution in [0.5, 0.6) is 11.5 Å². The molecular formula is C28H35N5O3. The first-order valence-corrected chi connectivity index (χ1v) is 12.4. The zero-order valence-electron chi connectivity index (χ0n) is 21.6. The third-order valence-electron chi connectivity index (χ3n) is 6.43. The van der Waals surface area contributed by atoms with E-state index in [4.69, 9.17) is 19.4 Å². The highest BCUT2D eigenvalue weighted by molar-refractivity contribution is 5.90. The van der Waals surface area contributed by atoms with Crippen molar-refractivity contribution in [3.8, 4) is 11.5 Å². The van der Waals surface area contributed by atoms with Crippen molar-refractivity contribution in [2.75, 3.05) is 50.6 Å². The standard InChI is InChI=1S/C28H35N5O3/c1-5-26-25(16-21-10-7-6-8-11-21)27(30-20(2)29-26)32-12-9-13-33(15-14-32)28(34)31-22-17-23(35-3)19-24(18-22)36-4/h6-8,10-11,17-19H,5,9,12-16H2,1-4H3,(H,31,34). The number of benzene rings is 2. The molecule has 3 aromatic rings. The number of hydrogen-bond acceptors (Lipinski definition) is 6. The molecule has 36 heavy (non-hydrogen) atoms. The lowest BCUT2D eigenvalue weighted by Crippen LogP contribution is -2.38. The fraction of sp³-hybridized carbons (Fsp3) is 0.393. The predicted molar refractivity (Wildman–Crippen MR) is 142 cm³/mol. The molecule has 1 saturated heterocycles. The Hall–Kier alpha value is -3.81. The minimum Gasteiger partial charge on any atom is -0.497 e. The van der Waals surface area contributed by atoms with E-state index in [0.717, 1.165) is 43.1 Å². The van der Waals surface area contributed by atoms with Gasteiger partial charge in [0.05, 0.1) is 14.2 Å². The molecule has 0 aliphatic carbocycles. The summed E-state index contributed by atoms with van der Waals surface area (Å²) in [6.07, 6.45) is 2.49. The summed E-state index contributed by atoms with van der Waals surface area (Å²) in [4.78, 5) is 26.9. The number of anilines is 2. The number of aromatic nitrogens is 2. The Morgan fingerprint density at radius 2 is 1.69 bits per heavy atom. The number of urea groups is 1. The average Bonchev–Trinajstić information content (AvgIpc) is 3.16. The molecule has 1 aliphatic heterocycles. The van der Waals surface area contributed by atoms with Gasteiger partial charge in [-0.25, -0.2) is 14.8 Å². The summed E-state index contributed by atoms with van der Waals surface area (Å²) in [6, 6.07) is 15.7. The van der Waals surface area contributed by atoms with Gasteiger partial charge in [0.25, 0.3) is 0 Å². The molecule has 0 atom stereocenters. The first-order valence-electron chi connectivity index (χ1n) is 12.4. The van der Waals surface area contributed by atoms with Crippen LogP contribution in [0.1, 0.15) is 36.0 Å². The lowest BCUT2D eigenvalue weighted by molar-refractivity contribution is 0.215. The third kappa shape index (κ3) is 6.05. The normalized spacial score (nSPS) is 13.8. The molecule has 1 aliphatic rings. The molecule has 8 heteroatoms. The number of aryl methyl sites for hydroxylation is 2. The maximum Gasteiger partial charge on any atom is 0.321 e. The molecule has 1 N–H and O–H groups in total. The number of hydrogen-bond donors (Lipinski definition) is 1. The fourth-order valence-corrected chi connectivity index (χ4v) is 4.59. The van der Waals surface area contributed by atoms with Crippen LogP contribution in [0.3, 0.4) is 0 Å². The highest BCUT2D eigenvalue weighted by atomic mass is 16.5. The van der Waals surface area contributed by atoms with Crippen LogP contribution in [0, 0.1) is 6.92 Å². The number of carbonyl (C=O) groups excluding carboxylic acids is 1. The van der Waals surface area contributed by atoms with E-state index in [1.807, 2.05) is 17.9 Å². The van der Waals surface area contributed by atoms with Crippen molar-refractivity contribution in [2.24, 2.45) is 0 Å². The summed E-state index contributed by atoms with van der Waals surface area (Å²) in [5.74, 6) is 3.03. The number of amides is 2. The molecule has 0 saturated carbocycles. The predicted octanol–water partition coefficient (Wildman–Crippen LogP) is 4.70. The van der Waals surface area contributed by atoms with Gasteiger partial charge in [0, 0.05) is 67.7 Å². The first kappa shape index (κ1) is 25.3. The van der Waals surface area contributed by atoms with Crippen molar-refractivity contribution in [1.29, 1.82) is 0 Å². The number of nitrogens with one attached hydrogen (secondary N) is 1. The number of carbonyl (C=O) groups is 1. The van der Waals surface area contributed by atoms with E-state index in [9.17, 15) is 4.79 Å². The van der Waals surface area contributed by atoms with Gasteiger partial charge in [-0.15, -0.1) is 0 Å². The van der Waals surface area contributed by atoms with Gasteiger partial charge in [-0.05, 0) is 25.3 Å². The zero-order chi connectivity index (χ0) is 25.5. The van der Waals surface area contributed by atoms with Crippen LogP contribution in [0.2, 0.25) is 0 Å². The second-order valence-corrected chi connectivity index (χ2v) is 8.89. The second kappa shape index (κ2) is 11.7.